The number of hydrogen-bond acceptors (Lipinski definition) is 7. The van der Waals surface area contributed by atoms with Crippen molar-refractivity contribution in [2.45, 2.75) is 82.6 Å². The fraction of sp³-hybridized carbons (Fsp3) is 0.410. The summed E-state index contributed by atoms with van der Waals surface area (Å²) in [6.07, 6.45) is 4.11. The van der Waals surface area contributed by atoms with Crippen LogP contribution >= 0.6 is 0 Å². The number of likely N-dealkylation sites (tertiary alicyclic amines) is 1. The molecule has 298 valence electrons. The van der Waals surface area contributed by atoms with Crippen molar-refractivity contribution in [2.75, 3.05) is 13.1 Å². The summed E-state index contributed by atoms with van der Waals surface area (Å²) < 4.78 is 0. The highest BCUT2D eigenvalue weighted by Gasteiger charge is 2.37. The third-order valence-corrected chi connectivity index (χ3v) is 10.1. The zero-order chi connectivity index (χ0) is 40.5. The van der Waals surface area contributed by atoms with Crippen LogP contribution in [0.25, 0.3) is 21.8 Å². The van der Waals surface area contributed by atoms with E-state index in [2.05, 4.69) is 37.0 Å². The first-order valence-corrected chi connectivity index (χ1v) is 18.7. The monoisotopic (exact) mass is 772 g/mol. The quantitative estimate of drug-likeness (QED) is 0.0641. The van der Waals surface area contributed by atoms with Crippen molar-refractivity contribution in [3.63, 3.8) is 0 Å². The van der Waals surface area contributed by atoms with Gasteiger partial charge in [0.05, 0.1) is 13.0 Å². The molecule has 17 nitrogen and oxygen atoms in total. The Bertz CT molecular complexity index is 2090. The molecule has 5 atom stereocenters. The molecule has 0 bridgehead atoms. The largest absolute Gasteiger partial charge is 0.481 e. The number of nitrogens with zero attached hydrogens (tertiary/aromatic N) is 1. The van der Waals surface area contributed by atoms with Gasteiger partial charge in [0.15, 0.2) is 6.04 Å². The van der Waals surface area contributed by atoms with Gasteiger partial charge in [-0.3, -0.25) is 33.6 Å². The van der Waals surface area contributed by atoms with Gasteiger partial charge < -0.3 is 52.7 Å². The molecule has 0 saturated carbocycles. The number of para-hydroxylation sites is 2. The third-order valence-electron chi connectivity index (χ3n) is 10.1. The third kappa shape index (κ3) is 10.1. The predicted octanol–water partition coefficient (Wildman–Crippen LogP) is -0.387. The molecule has 1 aliphatic rings. The number of nitrogens with two attached hydrogens (primary N) is 1. The number of aliphatic carboxylic acids is 1. The van der Waals surface area contributed by atoms with Crippen molar-refractivity contribution in [3.8, 4) is 0 Å². The number of aromatic nitrogens is 2. The second-order valence-corrected chi connectivity index (χ2v) is 14.5. The second kappa shape index (κ2) is 18.4. The lowest BCUT2D eigenvalue weighted by molar-refractivity contribution is -0.405. The van der Waals surface area contributed by atoms with E-state index in [1.54, 1.807) is 26.2 Å². The molecule has 6 amide bonds. The first-order chi connectivity index (χ1) is 26.7. The second-order valence-electron chi connectivity index (χ2n) is 14.5. The minimum absolute atomic E-state index is 0.0345. The Morgan fingerprint density at radius 1 is 0.839 bits per heavy atom. The number of carboxylic acid groups (broad SMARTS) is 1. The normalized spacial score (nSPS) is 16.2. The summed E-state index contributed by atoms with van der Waals surface area (Å²) in [5.74, 6) is -5.12. The predicted molar refractivity (Wildman–Crippen MR) is 205 cm³/mol. The molecule has 12 N–H and O–H groups in total. The molecule has 3 heterocycles. The van der Waals surface area contributed by atoms with Gasteiger partial charge >= 0.3 is 5.97 Å². The van der Waals surface area contributed by atoms with Crippen molar-refractivity contribution in [1.29, 1.82) is 0 Å². The number of carboxylic acids is 1. The van der Waals surface area contributed by atoms with Crippen LogP contribution in [0, 0.1) is 5.92 Å². The van der Waals surface area contributed by atoms with Crippen molar-refractivity contribution in [1.82, 2.24) is 36.1 Å². The molecule has 0 aliphatic carbocycles. The number of aromatic amines is 2. The number of carbonyl (C=O) groups excluding carboxylic acids is 6. The minimum Gasteiger partial charge on any atom is -0.481 e. The number of fused-ring (bicyclic) bond motifs is 2. The number of amides is 6. The van der Waals surface area contributed by atoms with Crippen LogP contribution in [0.1, 0.15) is 50.7 Å². The summed E-state index contributed by atoms with van der Waals surface area (Å²) >= 11 is 0. The standard InChI is InChI=1S/C39H49N9O8/c1-21(2)34(35(41)52)47-38(55)30(17-23-19-43-28-11-6-4-9-25(23)28)46-39(56)31-12-7-15-48(31)32(49)20-44-37(54)29(45-36(53)26(40)13-14-33(50)51)16-22-18-42-27-10-5-3-8-24(22)27/h3-6,8-11,18-19,21,26,29-31,34,42-43H,7,12-17,20,40H2,1-2H3,(H2,41,52)(H,44,54)(H,45,53)(H,46,56)(H,47,55)(H,50,51)/p+1/t26-,29-,30-,31-,34-/m0/s1. The number of hydrogen-bond donors (Lipinski definition) is 9. The summed E-state index contributed by atoms with van der Waals surface area (Å²) in [5, 5.41) is 21.5. The van der Waals surface area contributed by atoms with Crippen LogP contribution in [0.3, 0.4) is 0 Å². The summed E-state index contributed by atoms with van der Waals surface area (Å²) in [6, 6.07) is 9.79. The summed E-state index contributed by atoms with van der Waals surface area (Å²) in [4.78, 5) is 98.7. The van der Waals surface area contributed by atoms with Crippen LogP contribution in [-0.4, -0.2) is 105 Å². The van der Waals surface area contributed by atoms with E-state index < -0.39 is 78.2 Å². The van der Waals surface area contributed by atoms with E-state index in [-0.39, 0.29) is 38.1 Å². The fourth-order valence-corrected chi connectivity index (χ4v) is 6.99. The molecule has 2 aromatic heterocycles. The van der Waals surface area contributed by atoms with Crippen LogP contribution in [0.4, 0.5) is 0 Å². The van der Waals surface area contributed by atoms with Crippen molar-refractivity contribution >= 4 is 63.2 Å². The van der Waals surface area contributed by atoms with Gasteiger partial charge in [0.25, 0.3) is 5.91 Å². The van der Waals surface area contributed by atoms with Crippen LogP contribution < -0.4 is 32.7 Å². The van der Waals surface area contributed by atoms with Gasteiger partial charge in [-0.2, -0.15) is 0 Å². The average molecular weight is 773 g/mol. The van der Waals surface area contributed by atoms with Crippen LogP contribution in [0.5, 0.6) is 0 Å². The molecule has 1 fully saturated rings. The zero-order valence-electron chi connectivity index (χ0n) is 31.4. The molecule has 0 spiro atoms. The van der Waals surface area contributed by atoms with E-state index in [0.717, 1.165) is 32.9 Å². The smallest absolute Gasteiger partial charge is 0.303 e. The van der Waals surface area contributed by atoms with Gasteiger partial charge in [0.1, 0.15) is 24.2 Å². The topological polar surface area (TPSA) is 276 Å². The Balaban J connectivity index is 1.28. The number of nitrogens with one attached hydrogen (secondary N) is 6. The van der Waals surface area contributed by atoms with E-state index in [1.165, 1.54) is 4.90 Å². The molecule has 4 aromatic rings. The van der Waals surface area contributed by atoms with Crippen LogP contribution in [-0.2, 0) is 46.4 Å². The van der Waals surface area contributed by atoms with E-state index >= 15 is 0 Å². The van der Waals surface area contributed by atoms with E-state index in [9.17, 15) is 33.6 Å². The molecular weight excluding hydrogens is 722 g/mol. The summed E-state index contributed by atoms with van der Waals surface area (Å²) in [6.45, 7) is 3.22. The molecule has 0 unspecified atom stereocenters. The Morgan fingerprint density at radius 2 is 1.41 bits per heavy atom. The van der Waals surface area contributed by atoms with Crippen molar-refractivity contribution in [2.24, 2.45) is 11.7 Å². The summed E-state index contributed by atoms with van der Waals surface area (Å²) in [7, 11) is 0. The zero-order valence-corrected chi connectivity index (χ0v) is 31.4. The van der Waals surface area contributed by atoms with Crippen molar-refractivity contribution in [3.05, 3.63) is 72.1 Å². The highest BCUT2D eigenvalue weighted by atomic mass is 16.4. The van der Waals surface area contributed by atoms with Crippen LogP contribution in [0.15, 0.2) is 60.9 Å². The van der Waals surface area contributed by atoms with Crippen LogP contribution in [0.2, 0.25) is 0 Å². The van der Waals surface area contributed by atoms with Gasteiger partial charge in [-0.1, -0.05) is 50.2 Å². The maximum absolute atomic E-state index is 13.9. The minimum atomic E-state index is -1.14. The van der Waals surface area contributed by atoms with E-state index in [0.29, 0.717) is 12.8 Å². The first kappa shape index (κ1) is 40.9. The number of rotatable bonds is 18. The highest BCUT2D eigenvalue weighted by Crippen LogP contribution is 2.22. The Labute approximate surface area is 322 Å². The van der Waals surface area contributed by atoms with Gasteiger partial charge in [0, 0.05) is 60.0 Å². The summed E-state index contributed by atoms with van der Waals surface area (Å²) in [5.41, 5.74) is 12.5. The Hall–Kier alpha value is -6.23. The number of quaternary nitrogens is 1. The molecule has 1 saturated heterocycles. The molecular formula is C39H50N9O8+. The van der Waals surface area contributed by atoms with E-state index in [1.807, 2.05) is 48.5 Å². The lowest BCUT2D eigenvalue weighted by Crippen LogP contribution is -2.69. The molecule has 2 aromatic carbocycles. The molecule has 56 heavy (non-hydrogen) atoms. The maximum atomic E-state index is 13.9. The number of H-pyrrole nitrogens is 2. The van der Waals surface area contributed by atoms with Crippen molar-refractivity contribution < 1.29 is 44.4 Å². The number of carbonyl (C=O) groups is 7. The van der Waals surface area contributed by atoms with Gasteiger partial charge in [0.2, 0.25) is 29.5 Å². The first-order valence-electron chi connectivity index (χ1n) is 18.7. The van der Waals surface area contributed by atoms with Gasteiger partial charge in [-0.25, -0.2) is 0 Å². The highest BCUT2D eigenvalue weighted by molar-refractivity contribution is 5.97. The Morgan fingerprint density at radius 3 is 1.96 bits per heavy atom. The maximum Gasteiger partial charge on any atom is 0.303 e. The molecule has 5 rings (SSSR count). The van der Waals surface area contributed by atoms with E-state index in [4.69, 9.17) is 10.8 Å². The molecule has 1 aliphatic heterocycles. The van der Waals surface area contributed by atoms with Gasteiger partial charge in [-0.05, 0) is 42.0 Å². The Kier molecular flexibility index (Phi) is 13.5. The lowest BCUT2D eigenvalue weighted by atomic mass is 10.0. The fourth-order valence-electron chi connectivity index (χ4n) is 6.99. The average Bonchev–Trinajstić information content (AvgIpc) is 3.93. The lowest BCUT2D eigenvalue weighted by Gasteiger charge is -2.28. The number of benzene rings is 2. The SMILES string of the molecule is CC(C)[C@H](NC(=O)[C@H](Cc1c[nH]c2ccccc12)NC(=O)[C@@H]1CCCN1C(=O)CNC(=O)[C@H](Cc1c[nH]c2ccccc12)NC(=O)[C@@H]([NH3+])CCC(=O)O)C(N)=O. The number of primary amides is 1. The van der Waals surface area contributed by atoms with Gasteiger partial charge in [-0.15, -0.1) is 0 Å². The molecule has 0 radical (unpaired) electrons. The molecule has 17 heteroatoms.